The van der Waals surface area contributed by atoms with Crippen molar-refractivity contribution in [2.24, 2.45) is 0 Å². The van der Waals surface area contributed by atoms with Crippen molar-refractivity contribution in [2.45, 2.75) is 64.7 Å². The quantitative estimate of drug-likeness (QED) is 0.468. The molecule has 5 heteroatoms. The second-order valence-corrected chi connectivity index (χ2v) is 5.99. The summed E-state index contributed by atoms with van der Waals surface area (Å²) in [6.07, 6.45) is 9.45. The fourth-order valence-electron chi connectivity index (χ4n) is 1.77. The Bertz CT molecular complexity index is 413. The standard InChI is InChI=1S/C14H24N2O2S/c1-2-14-19(17,18)16-13-11-9-7-5-3-4-6-8-10-12-15/h16H,3-11,13H2,1H3. The van der Waals surface area contributed by atoms with E-state index in [9.17, 15) is 8.42 Å². The number of hydrogen-bond acceptors (Lipinski definition) is 3. The largest absolute Gasteiger partial charge is 0.280 e. The van der Waals surface area contributed by atoms with Crippen molar-refractivity contribution >= 4 is 10.0 Å². The zero-order valence-corrected chi connectivity index (χ0v) is 12.6. The first-order valence-electron chi connectivity index (χ1n) is 6.92. The van der Waals surface area contributed by atoms with Crippen molar-refractivity contribution in [1.82, 2.24) is 4.72 Å². The molecule has 0 amide bonds. The van der Waals surface area contributed by atoms with Gasteiger partial charge in [-0.15, -0.1) is 0 Å². The van der Waals surface area contributed by atoms with E-state index in [2.05, 4.69) is 22.0 Å². The third kappa shape index (κ3) is 13.2. The van der Waals surface area contributed by atoms with Crippen molar-refractivity contribution < 1.29 is 8.42 Å². The van der Waals surface area contributed by atoms with E-state index in [1.54, 1.807) is 0 Å². The van der Waals surface area contributed by atoms with Crippen LogP contribution in [-0.2, 0) is 10.0 Å². The summed E-state index contributed by atoms with van der Waals surface area (Å²) in [4.78, 5) is 0. The fraction of sp³-hybridized carbons (Fsp3) is 0.786. The summed E-state index contributed by atoms with van der Waals surface area (Å²) >= 11 is 0. The summed E-state index contributed by atoms with van der Waals surface area (Å²) in [5.41, 5.74) is 0. The maximum Gasteiger partial charge on any atom is 0.280 e. The van der Waals surface area contributed by atoms with Gasteiger partial charge in [0.1, 0.15) is 0 Å². The summed E-state index contributed by atoms with van der Waals surface area (Å²) in [6, 6.07) is 2.15. The lowest BCUT2D eigenvalue weighted by atomic mass is 10.1. The van der Waals surface area contributed by atoms with E-state index >= 15 is 0 Å². The van der Waals surface area contributed by atoms with Crippen LogP contribution >= 0.6 is 0 Å². The van der Waals surface area contributed by atoms with Crippen molar-refractivity contribution in [3.63, 3.8) is 0 Å². The van der Waals surface area contributed by atoms with Crippen LogP contribution in [0.3, 0.4) is 0 Å². The Morgan fingerprint density at radius 1 is 0.947 bits per heavy atom. The molecule has 0 aromatic heterocycles. The number of sulfonamides is 1. The Morgan fingerprint density at radius 3 is 2.00 bits per heavy atom. The molecule has 0 heterocycles. The van der Waals surface area contributed by atoms with Crippen LogP contribution in [0.25, 0.3) is 0 Å². The van der Waals surface area contributed by atoms with Gasteiger partial charge in [-0.1, -0.05) is 44.4 Å². The molecule has 0 aliphatic rings. The molecule has 0 spiro atoms. The zero-order valence-electron chi connectivity index (χ0n) is 11.7. The number of nitrogens with one attached hydrogen (secondary N) is 1. The lowest BCUT2D eigenvalue weighted by Crippen LogP contribution is -2.22. The van der Waals surface area contributed by atoms with Gasteiger partial charge in [0.2, 0.25) is 0 Å². The zero-order chi connectivity index (χ0) is 14.4. The van der Waals surface area contributed by atoms with Gasteiger partial charge in [0.25, 0.3) is 10.0 Å². The number of nitrogens with zero attached hydrogens (tertiary/aromatic N) is 1. The topological polar surface area (TPSA) is 70.0 Å². The van der Waals surface area contributed by atoms with E-state index in [1.807, 2.05) is 0 Å². The highest BCUT2D eigenvalue weighted by Gasteiger charge is 2.02. The highest BCUT2D eigenvalue weighted by atomic mass is 32.2. The fourth-order valence-corrected chi connectivity index (χ4v) is 2.52. The summed E-state index contributed by atoms with van der Waals surface area (Å²) < 4.78 is 24.8. The third-order valence-electron chi connectivity index (χ3n) is 2.74. The SMILES string of the molecule is CC#CS(=O)(=O)NCCCCCCCCCCC#N. The normalized spacial score (nSPS) is 10.5. The van der Waals surface area contributed by atoms with Crippen LogP contribution < -0.4 is 4.72 Å². The Morgan fingerprint density at radius 2 is 1.47 bits per heavy atom. The number of rotatable bonds is 11. The molecule has 1 N–H and O–H groups in total. The number of unbranched alkanes of at least 4 members (excludes halogenated alkanes) is 8. The van der Waals surface area contributed by atoms with Gasteiger partial charge in [0.15, 0.2) is 0 Å². The molecule has 0 atom stereocenters. The molecule has 0 aromatic rings. The molecule has 0 fully saturated rings. The lowest BCUT2D eigenvalue weighted by molar-refractivity contribution is 0.560. The Kier molecular flexibility index (Phi) is 11.4. The first-order chi connectivity index (χ1) is 9.12. The molecule has 19 heavy (non-hydrogen) atoms. The minimum absolute atomic E-state index is 0.471. The smallest absolute Gasteiger partial charge is 0.205 e. The van der Waals surface area contributed by atoms with E-state index < -0.39 is 10.0 Å². The molecule has 0 radical (unpaired) electrons. The van der Waals surface area contributed by atoms with Crippen LogP contribution in [0.1, 0.15) is 64.7 Å². The molecule has 0 rings (SSSR count). The van der Waals surface area contributed by atoms with Gasteiger partial charge < -0.3 is 0 Å². The minimum Gasteiger partial charge on any atom is -0.205 e. The Hall–Kier alpha value is -1.04. The van der Waals surface area contributed by atoms with E-state index in [0.717, 1.165) is 32.1 Å². The van der Waals surface area contributed by atoms with Crippen LogP contribution in [0.2, 0.25) is 0 Å². The van der Waals surface area contributed by atoms with E-state index in [4.69, 9.17) is 5.26 Å². The second kappa shape index (κ2) is 12.0. The molecule has 108 valence electrons. The van der Waals surface area contributed by atoms with E-state index in [0.29, 0.717) is 13.0 Å². The first kappa shape index (κ1) is 18.0. The number of hydrogen-bond donors (Lipinski definition) is 1. The summed E-state index contributed by atoms with van der Waals surface area (Å²) in [7, 11) is -3.38. The van der Waals surface area contributed by atoms with E-state index in [1.165, 1.54) is 26.2 Å². The maximum atomic E-state index is 11.2. The average molecular weight is 284 g/mol. The predicted molar refractivity (Wildman–Crippen MR) is 77.5 cm³/mol. The van der Waals surface area contributed by atoms with E-state index in [-0.39, 0.29) is 0 Å². The van der Waals surface area contributed by atoms with Gasteiger partial charge >= 0.3 is 0 Å². The van der Waals surface area contributed by atoms with Crippen LogP contribution in [0, 0.1) is 22.5 Å². The summed E-state index contributed by atoms with van der Waals surface area (Å²) in [5, 5.41) is 10.5. The van der Waals surface area contributed by atoms with Gasteiger partial charge in [-0.3, -0.25) is 0 Å². The van der Waals surface area contributed by atoms with Crippen LogP contribution in [-0.4, -0.2) is 15.0 Å². The molecule has 0 unspecified atom stereocenters. The Labute approximate surface area is 117 Å². The molecular weight excluding hydrogens is 260 g/mol. The summed E-state index contributed by atoms with van der Waals surface area (Å²) in [6.45, 7) is 1.98. The number of nitriles is 1. The molecular formula is C14H24N2O2S. The van der Waals surface area contributed by atoms with Gasteiger partial charge in [0.05, 0.1) is 6.07 Å². The molecule has 0 saturated heterocycles. The van der Waals surface area contributed by atoms with Gasteiger partial charge in [-0.2, -0.15) is 13.7 Å². The Balaban J connectivity index is 3.28. The molecule has 0 aliphatic carbocycles. The molecule has 0 bridgehead atoms. The summed E-state index contributed by atoms with van der Waals surface area (Å²) in [5.74, 6) is 2.38. The van der Waals surface area contributed by atoms with Crippen molar-refractivity contribution in [1.29, 1.82) is 5.26 Å². The minimum atomic E-state index is -3.38. The van der Waals surface area contributed by atoms with Crippen LogP contribution in [0.4, 0.5) is 0 Å². The average Bonchev–Trinajstić information content (AvgIpc) is 2.36. The van der Waals surface area contributed by atoms with Crippen LogP contribution in [0.5, 0.6) is 0 Å². The second-order valence-electron chi connectivity index (χ2n) is 4.49. The highest BCUT2D eigenvalue weighted by Crippen LogP contribution is 2.09. The maximum absolute atomic E-state index is 11.2. The molecule has 0 aromatic carbocycles. The van der Waals surface area contributed by atoms with Gasteiger partial charge in [-0.05, 0) is 19.8 Å². The van der Waals surface area contributed by atoms with Crippen molar-refractivity contribution in [3.05, 3.63) is 0 Å². The molecule has 4 nitrogen and oxygen atoms in total. The van der Waals surface area contributed by atoms with Gasteiger partial charge in [0, 0.05) is 18.2 Å². The van der Waals surface area contributed by atoms with Crippen molar-refractivity contribution in [3.8, 4) is 17.2 Å². The molecule has 0 saturated carbocycles. The van der Waals surface area contributed by atoms with Crippen molar-refractivity contribution in [2.75, 3.05) is 6.54 Å². The lowest BCUT2D eigenvalue weighted by Gasteiger charge is -2.02. The highest BCUT2D eigenvalue weighted by molar-refractivity contribution is 7.94. The first-order valence-corrected chi connectivity index (χ1v) is 8.41. The third-order valence-corrected chi connectivity index (χ3v) is 3.80. The molecule has 0 aliphatic heterocycles. The predicted octanol–water partition coefficient (Wildman–Crippen LogP) is 2.92. The van der Waals surface area contributed by atoms with Gasteiger partial charge in [-0.25, -0.2) is 4.72 Å². The monoisotopic (exact) mass is 284 g/mol. The van der Waals surface area contributed by atoms with Crippen LogP contribution in [0.15, 0.2) is 0 Å².